The number of aromatic nitrogens is 3. The van der Waals surface area contributed by atoms with E-state index in [1.807, 2.05) is 30.3 Å². The molecule has 5 nitrogen and oxygen atoms in total. The summed E-state index contributed by atoms with van der Waals surface area (Å²) < 4.78 is 7.21. The van der Waals surface area contributed by atoms with E-state index >= 15 is 0 Å². The van der Waals surface area contributed by atoms with Gasteiger partial charge in [0.05, 0.1) is 12.8 Å². The van der Waals surface area contributed by atoms with Crippen LogP contribution in [0.2, 0.25) is 0 Å². The molecule has 20 heavy (non-hydrogen) atoms. The first-order valence-corrected chi connectivity index (χ1v) is 6.37. The Morgan fingerprint density at radius 3 is 2.90 bits per heavy atom. The molecule has 0 spiro atoms. The number of nitriles is 1. The lowest BCUT2D eigenvalue weighted by Crippen LogP contribution is -1.94. The normalized spacial score (nSPS) is 12.9. The van der Waals surface area contributed by atoms with Crippen LogP contribution in [0.1, 0.15) is 11.1 Å². The third kappa shape index (κ3) is 1.48. The molecule has 0 bridgehead atoms. The van der Waals surface area contributed by atoms with E-state index < -0.39 is 0 Å². The molecule has 0 fully saturated rings. The van der Waals surface area contributed by atoms with E-state index in [-0.39, 0.29) is 0 Å². The molecular formula is C15H10N4O. The molecule has 3 heterocycles. The predicted octanol–water partition coefficient (Wildman–Crippen LogP) is 2.20. The second-order valence-electron chi connectivity index (χ2n) is 4.63. The third-order valence-electron chi connectivity index (χ3n) is 3.42. The molecule has 3 aromatic rings. The maximum atomic E-state index is 9.19. The fourth-order valence-corrected chi connectivity index (χ4v) is 2.50. The second kappa shape index (κ2) is 4.07. The minimum Gasteiger partial charge on any atom is -0.491 e. The lowest BCUT2D eigenvalue weighted by atomic mass is 10.1. The first-order chi connectivity index (χ1) is 9.86. The highest BCUT2D eigenvalue weighted by Crippen LogP contribution is 2.32. The van der Waals surface area contributed by atoms with Crippen LogP contribution in [0.3, 0.4) is 0 Å². The summed E-state index contributed by atoms with van der Waals surface area (Å²) in [6.07, 6.45) is 2.44. The lowest BCUT2D eigenvalue weighted by molar-refractivity contribution is 0.355. The molecule has 0 radical (unpaired) electrons. The first kappa shape index (κ1) is 11.0. The molecule has 0 saturated carbocycles. The van der Waals surface area contributed by atoms with Gasteiger partial charge in [0, 0.05) is 17.5 Å². The van der Waals surface area contributed by atoms with Crippen LogP contribution < -0.4 is 4.74 Å². The Kier molecular flexibility index (Phi) is 2.24. The summed E-state index contributed by atoms with van der Waals surface area (Å²) in [5.41, 5.74) is 3.21. The standard InChI is InChI=1S/C15H10N4O/c16-8-11-9-19-15(12-6-7-20-13(11)12)17-14(18-19)10-4-2-1-3-5-10/h1-5,9H,6-7H2. The summed E-state index contributed by atoms with van der Waals surface area (Å²) in [6, 6.07) is 12.0. The van der Waals surface area contributed by atoms with E-state index in [9.17, 15) is 5.26 Å². The quantitative estimate of drug-likeness (QED) is 0.674. The van der Waals surface area contributed by atoms with Crippen molar-refractivity contribution in [3.8, 4) is 23.2 Å². The van der Waals surface area contributed by atoms with Crippen LogP contribution in [-0.2, 0) is 6.42 Å². The summed E-state index contributed by atoms with van der Waals surface area (Å²) in [7, 11) is 0. The van der Waals surface area contributed by atoms with Gasteiger partial charge in [0.1, 0.15) is 17.4 Å². The van der Waals surface area contributed by atoms with Crippen molar-refractivity contribution in [3.63, 3.8) is 0 Å². The molecular weight excluding hydrogens is 252 g/mol. The summed E-state index contributed by atoms with van der Waals surface area (Å²) in [5, 5.41) is 13.7. The van der Waals surface area contributed by atoms with Crippen molar-refractivity contribution in [2.75, 3.05) is 6.61 Å². The van der Waals surface area contributed by atoms with Crippen molar-refractivity contribution >= 4 is 5.65 Å². The topological polar surface area (TPSA) is 63.2 Å². The van der Waals surface area contributed by atoms with Gasteiger partial charge >= 0.3 is 0 Å². The minimum absolute atomic E-state index is 0.509. The highest BCUT2D eigenvalue weighted by Gasteiger charge is 2.23. The Hall–Kier alpha value is -2.87. The van der Waals surface area contributed by atoms with Gasteiger partial charge in [-0.15, -0.1) is 5.10 Å². The molecule has 0 atom stereocenters. The summed E-state index contributed by atoms with van der Waals surface area (Å²) in [6.45, 7) is 0.594. The molecule has 0 unspecified atom stereocenters. The molecule has 1 aliphatic rings. The van der Waals surface area contributed by atoms with Gasteiger partial charge in [0.15, 0.2) is 11.5 Å². The van der Waals surface area contributed by atoms with Crippen LogP contribution >= 0.6 is 0 Å². The monoisotopic (exact) mass is 262 g/mol. The Labute approximate surface area is 115 Å². The SMILES string of the molecule is N#Cc1cn2nc(-c3ccccc3)nc2c2c1OCC2. The van der Waals surface area contributed by atoms with Gasteiger partial charge in [-0.25, -0.2) is 9.50 Å². The summed E-state index contributed by atoms with van der Waals surface area (Å²) >= 11 is 0. The Morgan fingerprint density at radius 1 is 1.25 bits per heavy atom. The molecule has 96 valence electrons. The van der Waals surface area contributed by atoms with E-state index in [1.165, 1.54) is 0 Å². The van der Waals surface area contributed by atoms with Crippen LogP contribution in [0.4, 0.5) is 0 Å². The van der Waals surface area contributed by atoms with Crippen LogP contribution in [-0.4, -0.2) is 21.2 Å². The highest BCUT2D eigenvalue weighted by molar-refractivity contribution is 5.66. The van der Waals surface area contributed by atoms with Gasteiger partial charge < -0.3 is 4.74 Å². The Balaban J connectivity index is 1.99. The molecule has 1 aliphatic heterocycles. The van der Waals surface area contributed by atoms with E-state index in [1.54, 1.807) is 10.7 Å². The fraction of sp³-hybridized carbons (Fsp3) is 0.133. The van der Waals surface area contributed by atoms with E-state index in [0.717, 1.165) is 23.2 Å². The van der Waals surface area contributed by atoms with E-state index in [2.05, 4.69) is 16.2 Å². The van der Waals surface area contributed by atoms with Crippen molar-refractivity contribution in [2.45, 2.75) is 6.42 Å². The fourth-order valence-electron chi connectivity index (χ4n) is 2.50. The van der Waals surface area contributed by atoms with Gasteiger partial charge in [0.25, 0.3) is 0 Å². The van der Waals surface area contributed by atoms with E-state index in [0.29, 0.717) is 23.7 Å². The van der Waals surface area contributed by atoms with Crippen LogP contribution in [0.5, 0.6) is 5.75 Å². The average Bonchev–Trinajstić information content (AvgIpc) is 3.13. The third-order valence-corrected chi connectivity index (χ3v) is 3.42. The highest BCUT2D eigenvalue weighted by atomic mass is 16.5. The zero-order valence-corrected chi connectivity index (χ0v) is 10.6. The largest absolute Gasteiger partial charge is 0.491 e. The van der Waals surface area contributed by atoms with Gasteiger partial charge in [0.2, 0.25) is 0 Å². The van der Waals surface area contributed by atoms with Crippen LogP contribution in [0.15, 0.2) is 36.5 Å². The predicted molar refractivity (Wildman–Crippen MR) is 72.3 cm³/mol. The molecule has 0 N–H and O–H groups in total. The molecule has 1 aromatic carbocycles. The van der Waals surface area contributed by atoms with Crippen molar-refractivity contribution in [3.05, 3.63) is 47.7 Å². The molecule has 5 heteroatoms. The number of hydrogen-bond acceptors (Lipinski definition) is 4. The number of benzene rings is 1. The Bertz CT molecular complexity index is 846. The molecule has 0 amide bonds. The van der Waals surface area contributed by atoms with Gasteiger partial charge in [-0.05, 0) is 0 Å². The Morgan fingerprint density at radius 2 is 2.10 bits per heavy atom. The minimum atomic E-state index is 0.509. The van der Waals surface area contributed by atoms with Gasteiger partial charge in [-0.3, -0.25) is 0 Å². The maximum Gasteiger partial charge on any atom is 0.182 e. The first-order valence-electron chi connectivity index (χ1n) is 6.37. The molecule has 2 aromatic heterocycles. The molecule has 0 saturated heterocycles. The molecule has 4 rings (SSSR count). The van der Waals surface area contributed by atoms with Crippen molar-refractivity contribution in [1.29, 1.82) is 5.26 Å². The van der Waals surface area contributed by atoms with Gasteiger partial charge in [-0.1, -0.05) is 30.3 Å². The van der Waals surface area contributed by atoms with Crippen molar-refractivity contribution < 1.29 is 4.74 Å². The summed E-state index contributed by atoms with van der Waals surface area (Å²) in [5.74, 6) is 1.32. The van der Waals surface area contributed by atoms with Gasteiger partial charge in [-0.2, -0.15) is 5.26 Å². The molecule has 0 aliphatic carbocycles. The maximum absolute atomic E-state index is 9.19. The number of rotatable bonds is 1. The zero-order chi connectivity index (χ0) is 13.5. The van der Waals surface area contributed by atoms with Crippen molar-refractivity contribution in [1.82, 2.24) is 14.6 Å². The lowest BCUT2D eigenvalue weighted by Gasteiger charge is -2.01. The summed E-state index contributed by atoms with van der Waals surface area (Å²) in [4.78, 5) is 4.59. The number of nitrogens with zero attached hydrogens (tertiary/aromatic N) is 4. The van der Waals surface area contributed by atoms with Crippen molar-refractivity contribution in [2.24, 2.45) is 0 Å². The number of hydrogen-bond donors (Lipinski definition) is 0. The number of fused-ring (bicyclic) bond motifs is 3. The number of ether oxygens (including phenoxy) is 1. The van der Waals surface area contributed by atoms with Crippen LogP contribution in [0, 0.1) is 11.3 Å². The van der Waals surface area contributed by atoms with Crippen LogP contribution in [0.25, 0.3) is 17.0 Å². The number of pyridine rings is 1. The second-order valence-corrected chi connectivity index (χ2v) is 4.63. The zero-order valence-electron chi connectivity index (χ0n) is 10.6. The van der Waals surface area contributed by atoms with E-state index in [4.69, 9.17) is 4.74 Å². The smallest absolute Gasteiger partial charge is 0.182 e. The average molecular weight is 262 g/mol.